The Morgan fingerprint density at radius 1 is 1.38 bits per heavy atom. The summed E-state index contributed by atoms with van der Waals surface area (Å²) in [6, 6.07) is 3.91. The Bertz CT molecular complexity index is 716. The van der Waals surface area contributed by atoms with Gasteiger partial charge in [0.15, 0.2) is 11.4 Å². The molecule has 1 atom stereocenters. The number of nitrogens with one attached hydrogen (secondary N) is 1. The highest BCUT2D eigenvalue weighted by Crippen LogP contribution is 2.28. The van der Waals surface area contributed by atoms with Crippen LogP contribution in [0.2, 0.25) is 0 Å². The molecule has 0 radical (unpaired) electrons. The van der Waals surface area contributed by atoms with Crippen molar-refractivity contribution < 1.29 is 14.7 Å². The third kappa shape index (κ3) is 2.01. The molecule has 0 aromatic carbocycles. The van der Waals surface area contributed by atoms with Crippen LogP contribution in [-0.2, 0) is 6.54 Å². The number of nitrogens with zero attached hydrogens (tertiary/aromatic N) is 3. The molecule has 0 aliphatic carbocycles. The highest BCUT2D eigenvalue weighted by molar-refractivity contribution is 6.02. The summed E-state index contributed by atoms with van der Waals surface area (Å²) >= 11 is 0. The first-order valence-corrected chi connectivity index (χ1v) is 6.74. The third-order valence-corrected chi connectivity index (χ3v) is 4.01. The molecule has 110 valence electrons. The second-order valence-electron chi connectivity index (χ2n) is 5.16. The maximum atomic E-state index is 12.6. The van der Waals surface area contributed by atoms with Crippen LogP contribution < -0.4 is 0 Å². The van der Waals surface area contributed by atoms with E-state index in [0.717, 1.165) is 11.4 Å². The minimum absolute atomic E-state index is 0.0360. The zero-order valence-corrected chi connectivity index (χ0v) is 11.8. The van der Waals surface area contributed by atoms with Gasteiger partial charge in [-0.2, -0.15) is 0 Å². The van der Waals surface area contributed by atoms with Crippen LogP contribution >= 0.6 is 0 Å². The molecular formula is C14H16N4O3. The summed E-state index contributed by atoms with van der Waals surface area (Å²) in [5.74, 6) is -1.54. The fourth-order valence-corrected chi connectivity index (χ4v) is 2.85. The molecule has 1 aliphatic heterocycles. The second-order valence-corrected chi connectivity index (χ2v) is 5.16. The zero-order valence-electron chi connectivity index (χ0n) is 11.8. The van der Waals surface area contributed by atoms with E-state index in [1.165, 1.54) is 6.33 Å². The molecule has 3 heterocycles. The SMILES string of the molecule is Cc1ccc2n1CCN(C(=O)c1nc[nH]c1C(=O)O)C2C. The van der Waals surface area contributed by atoms with Crippen molar-refractivity contribution in [1.82, 2.24) is 19.4 Å². The first-order chi connectivity index (χ1) is 10.0. The molecule has 0 spiro atoms. The predicted molar refractivity (Wildman–Crippen MR) is 74.2 cm³/mol. The number of aromatic amines is 1. The maximum Gasteiger partial charge on any atom is 0.354 e. The van der Waals surface area contributed by atoms with E-state index in [1.807, 2.05) is 26.0 Å². The number of fused-ring (bicyclic) bond motifs is 1. The van der Waals surface area contributed by atoms with Crippen LogP contribution in [-0.4, -0.2) is 43.0 Å². The number of amides is 1. The van der Waals surface area contributed by atoms with Crippen molar-refractivity contribution in [3.8, 4) is 0 Å². The van der Waals surface area contributed by atoms with E-state index in [0.29, 0.717) is 13.1 Å². The van der Waals surface area contributed by atoms with E-state index < -0.39 is 5.97 Å². The monoisotopic (exact) mass is 288 g/mol. The molecule has 1 unspecified atom stereocenters. The minimum atomic E-state index is -1.18. The lowest BCUT2D eigenvalue weighted by Gasteiger charge is -2.35. The average Bonchev–Trinajstić information content (AvgIpc) is 3.06. The van der Waals surface area contributed by atoms with Crippen molar-refractivity contribution in [2.75, 3.05) is 6.54 Å². The van der Waals surface area contributed by atoms with Crippen molar-refractivity contribution in [2.24, 2.45) is 0 Å². The number of carbonyl (C=O) groups is 2. The van der Waals surface area contributed by atoms with E-state index in [1.54, 1.807) is 4.90 Å². The van der Waals surface area contributed by atoms with E-state index in [2.05, 4.69) is 14.5 Å². The molecule has 0 fully saturated rings. The molecule has 1 amide bonds. The quantitative estimate of drug-likeness (QED) is 0.874. The summed E-state index contributed by atoms with van der Waals surface area (Å²) in [7, 11) is 0. The number of imidazole rings is 1. The van der Waals surface area contributed by atoms with Crippen molar-refractivity contribution >= 4 is 11.9 Å². The lowest BCUT2D eigenvalue weighted by atomic mass is 10.1. The Hall–Kier alpha value is -2.57. The number of hydrogen-bond acceptors (Lipinski definition) is 3. The largest absolute Gasteiger partial charge is 0.477 e. The van der Waals surface area contributed by atoms with Crippen LogP contribution in [0.25, 0.3) is 0 Å². The Balaban J connectivity index is 1.93. The zero-order chi connectivity index (χ0) is 15.1. The molecule has 0 saturated heterocycles. The Kier molecular flexibility index (Phi) is 3.04. The van der Waals surface area contributed by atoms with Crippen LogP contribution in [0.5, 0.6) is 0 Å². The fourth-order valence-electron chi connectivity index (χ4n) is 2.85. The molecule has 7 heteroatoms. The van der Waals surface area contributed by atoms with Crippen molar-refractivity contribution in [3.05, 3.63) is 41.2 Å². The minimum Gasteiger partial charge on any atom is -0.477 e. The van der Waals surface area contributed by atoms with E-state index >= 15 is 0 Å². The van der Waals surface area contributed by atoms with Gasteiger partial charge in [0.1, 0.15) is 0 Å². The van der Waals surface area contributed by atoms with Gasteiger partial charge in [-0.05, 0) is 26.0 Å². The maximum absolute atomic E-state index is 12.6. The molecule has 2 N–H and O–H groups in total. The van der Waals surface area contributed by atoms with Crippen LogP contribution in [0.4, 0.5) is 0 Å². The second kappa shape index (κ2) is 4.76. The summed E-state index contributed by atoms with van der Waals surface area (Å²) in [6.07, 6.45) is 1.23. The van der Waals surface area contributed by atoms with Crippen LogP contribution in [0.3, 0.4) is 0 Å². The molecule has 2 aromatic rings. The standard InChI is InChI=1S/C14H16N4O3/c1-8-3-4-10-9(2)18(6-5-17(8)10)13(19)11-12(14(20)21)16-7-15-11/h3-4,7,9H,5-6H2,1-2H3,(H,15,16)(H,20,21). The highest BCUT2D eigenvalue weighted by atomic mass is 16.4. The number of carboxylic acids is 1. The van der Waals surface area contributed by atoms with Gasteiger partial charge in [0.05, 0.1) is 12.4 Å². The summed E-state index contributed by atoms with van der Waals surface area (Å²) in [6.45, 7) is 5.21. The lowest BCUT2D eigenvalue weighted by Crippen LogP contribution is -2.41. The number of rotatable bonds is 2. The number of carboxylic acid groups (broad SMARTS) is 1. The Morgan fingerprint density at radius 3 is 2.86 bits per heavy atom. The molecule has 7 nitrogen and oxygen atoms in total. The Morgan fingerprint density at radius 2 is 2.14 bits per heavy atom. The van der Waals surface area contributed by atoms with Gasteiger partial charge in [-0.1, -0.05) is 0 Å². The lowest BCUT2D eigenvalue weighted by molar-refractivity contribution is 0.0612. The fraction of sp³-hybridized carbons (Fsp3) is 0.357. The van der Waals surface area contributed by atoms with Crippen molar-refractivity contribution in [2.45, 2.75) is 26.4 Å². The molecule has 2 aromatic heterocycles. The van der Waals surface area contributed by atoms with Gasteiger partial charge in [-0.3, -0.25) is 4.79 Å². The van der Waals surface area contributed by atoms with Gasteiger partial charge in [-0.15, -0.1) is 0 Å². The van der Waals surface area contributed by atoms with E-state index in [9.17, 15) is 9.59 Å². The number of hydrogen-bond donors (Lipinski definition) is 2. The van der Waals surface area contributed by atoms with E-state index in [4.69, 9.17) is 5.11 Å². The first-order valence-electron chi connectivity index (χ1n) is 6.74. The molecule has 1 aliphatic rings. The average molecular weight is 288 g/mol. The van der Waals surface area contributed by atoms with Crippen molar-refractivity contribution in [3.63, 3.8) is 0 Å². The van der Waals surface area contributed by atoms with Gasteiger partial charge in [0.25, 0.3) is 5.91 Å². The number of aromatic nitrogens is 3. The van der Waals surface area contributed by atoms with Gasteiger partial charge in [0, 0.05) is 24.5 Å². The Labute approximate surface area is 121 Å². The normalized spacial score (nSPS) is 17.6. The summed E-state index contributed by atoms with van der Waals surface area (Å²) in [4.78, 5) is 31.7. The predicted octanol–water partition coefficient (Wildman–Crippen LogP) is 1.43. The van der Waals surface area contributed by atoms with Gasteiger partial charge < -0.3 is 19.6 Å². The highest BCUT2D eigenvalue weighted by Gasteiger charge is 2.32. The number of aromatic carboxylic acids is 1. The smallest absolute Gasteiger partial charge is 0.354 e. The summed E-state index contributed by atoms with van der Waals surface area (Å²) in [5, 5.41) is 9.08. The number of H-pyrrole nitrogens is 1. The topological polar surface area (TPSA) is 91.2 Å². The van der Waals surface area contributed by atoms with Crippen molar-refractivity contribution in [1.29, 1.82) is 0 Å². The molecule has 0 bridgehead atoms. The number of aryl methyl sites for hydroxylation is 1. The van der Waals surface area contributed by atoms with Crippen LogP contribution in [0.1, 0.15) is 45.3 Å². The van der Waals surface area contributed by atoms with Crippen LogP contribution in [0, 0.1) is 6.92 Å². The van der Waals surface area contributed by atoms with Gasteiger partial charge in [-0.25, -0.2) is 9.78 Å². The van der Waals surface area contributed by atoms with Gasteiger partial charge >= 0.3 is 5.97 Å². The summed E-state index contributed by atoms with van der Waals surface area (Å²) < 4.78 is 2.18. The first kappa shape index (κ1) is 13.4. The van der Waals surface area contributed by atoms with E-state index in [-0.39, 0.29) is 23.3 Å². The van der Waals surface area contributed by atoms with Crippen LogP contribution in [0.15, 0.2) is 18.5 Å². The molecule has 21 heavy (non-hydrogen) atoms. The number of carbonyl (C=O) groups excluding carboxylic acids is 1. The summed E-state index contributed by atoms with van der Waals surface area (Å²) in [5.41, 5.74) is 2.02. The molecular weight excluding hydrogens is 272 g/mol. The molecule has 3 rings (SSSR count). The third-order valence-electron chi connectivity index (χ3n) is 4.01. The molecule has 0 saturated carbocycles. The van der Waals surface area contributed by atoms with Gasteiger partial charge in [0.2, 0.25) is 0 Å².